The van der Waals surface area contributed by atoms with Crippen molar-refractivity contribution in [2.45, 2.75) is 0 Å². The fraction of sp³-hybridized carbons (Fsp3) is 0.0714. The van der Waals surface area contributed by atoms with Gasteiger partial charge >= 0.3 is 0 Å². The lowest BCUT2D eigenvalue weighted by atomic mass is 10.2. The minimum absolute atomic E-state index is 0.284. The monoisotopic (exact) mass is 285 g/mol. The molecule has 0 fully saturated rings. The highest BCUT2D eigenvalue weighted by molar-refractivity contribution is 7.13. The van der Waals surface area contributed by atoms with Crippen LogP contribution in [0.3, 0.4) is 0 Å². The molecule has 2 heterocycles. The maximum atomic E-state index is 12.1. The third-order valence-electron chi connectivity index (χ3n) is 2.79. The van der Waals surface area contributed by atoms with Crippen LogP contribution >= 0.6 is 11.3 Å². The van der Waals surface area contributed by atoms with Crippen molar-refractivity contribution < 1.29 is 9.53 Å². The molecular weight excluding hydrogens is 274 g/mol. The van der Waals surface area contributed by atoms with Gasteiger partial charge in [0, 0.05) is 17.0 Å². The molecule has 100 valence electrons. The first-order valence-corrected chi connectivity index (χ1v) is 6.80. The Balaban J connectivity index is 1.97. The molecule has 3 aromatic rings. The molecule has 5 nitrogen and oxygen atoms in total. The zero-order valence-corrected chi connectivity index (χ0v) is 11.5. The van der Waals surface area contributed by atoms with Crippen LogP contribution in [0.15, 0.2) is 41.9 Å². The first kappa shape index (κ1) is 12.6. The molecule has 6 heteroatoms. The second-order valence-corrected chi connectivity index (χ2v) is 4.91. The molecule has 3 rings (SSSR count). The summed E-state index contributed by atoms with van der Waals surface area (Å²) in [5, 5.41) is 5.98. The van der Waals surface area contributed by atoms with Crippen molar-refractivity contribution in [1.82, 2.24) is 9.97 Å². The van der Waals surface area contributed by atoms with Crippen LogP contribution in [-0.4, -0.2) is 23.0 Å². The fourth-order valence-corrected chi connectivity index (χ4v) is 2.38. The second kappa shape index (κ2) is 5.26. The smallest absolute Gasteiger partial charge is 0.276 e. The van der Waals surface area contributed by atoms with Gasteiger partial charge in [-0.3, -0.25) is 10.1 Å². The Hall–Kier alpha value is -2.47. The average molecular weight is 285 g/mol. The van der Waals surface area contributed by atoms with E-state index in [4.69, 9.17) is 4.74 Å². The van der Waals surface area contributed by atoms with E-state index < -0.39 is 0 Å². The minimum Gasteiger partial charge on any atom is -0.494 e. The lowest BCUT2D eigenvalue weighted by Gasteiger charge is -2.06. The summed E-state index contributed by atoms with van der Waals surface area (Å²) in [6, 6.07) is 9.16. The summed E-state index contributed by atoms with van der Waals surface area (Å²) in [5.41, 5.74) is 0.999. The predicted octanol–water partition coefficient (Wildman–Crippen LogP) is 2.95. The number of nitrogens with zero attached hydrogens (tertiary/aromatic N) is 2. The summed E-state index contributed by atoms with van der Waals surface area (Å²) in [4.78, 5) is 20.5. The van der Waals surface area contributed by atoms with Gasteiger partial charge in [-0.05, 0) is 12.1 Å². The SMILES string of the molecule is COc1cccc2ccc(C(=O)Nc3nccs3)nc12. The van der Waals surface area contributed by atoms with Gasteiger partial charge in [0.15, 0.2) is 5.13 Å². The fourth-order valence-electron chi connectivity index (χ4n) is 1.86. The third kappa shape index (κ3) is 2.33. The van der Waals surface area contributed by atoms with E-state index in [2.05, 4.69) is 15.3 Å². The van der Waals surface area contributed by atoms with Gasteiger partial charge in [-0.1, -0.05) is 18.2 Å². The molecule has 20 heavy (non-hydrogen) atoms. The van der Waals surface area contributed by atoms with E-state index in [1.165, 1.54) is 11.3 Å². The largest absolute Gasteiger partial charge is 0.494 e. The highest BCUT2D eigenvalue weighted by Crippen LogP contribution is 2.23. The van der Waals surface area contributed by atoms with Crippen LogP contribution in [0.4, 0.5) is 5.13 Å². The molecule has 0 aliphatic rings. The summed E-state index contributed by atoms with van der Waals surface area (Å²) in [7, 11) is 1.58. The minimum atomic E-state index is -0.284. The Morgan fingerprint density at radius 2 is 2.20 bits per heavy atom. The van der Waals surface area contributed by atoms with Crippen molar-refractivity contribution >= 4 is 33.3 Å². The molecule has 2 aromatic heterocycles. The van der Waals surface area contributed by atoms with E-state index in [0.29, 0.717) is 22.1 Å². The molecule has 0 radical (unpaired) electrons. The molecule has 0 aliphatic carbocycles. The van der Waals surface area contributed by atoms with Crippen LogP contribution in [-0.2, 0) is 0 Å². The first-order chi connectivity index (χ1) is 9.78. The van der Waals surface area contributed by atoms with E-state index in [0.717, 1.165) is 5.39 Å². The van der Waals surface area contributed by atoms with Crippen LogP contribution in [0, 0.1) is 0 Å². The highest BCUT2D eigenvalue weighted by atomic mass is 32.1. The predicted molar refractivity (Wildman–Crippen MR) is 78.4 cm³/mol. The molecule has 0 aliphatic heterocycles. The van der Waals surface area contributed by atoms with Gasteiger partial charge in [0.1, 0.15) is 17.0 Å². The van der Waals surface area contributed by atoms with E-state index in [9.17, 15) is 4.79 Å². The number of anilines is 1. The maximum absolute atomic E-state index is 12.1. The number of hydrogen-bond donors (Lipinski definition) is 1. The van der Waals surface area contributed by atoms with Crippen molar-refractivity contribution in [1.29, 1.82) is 0 Å². The van der Waals surface area contributed by atoms with Crippen LogP contribution in [0.1, 0.15) is 10.5 Å². The van der Waals surface area contributed by atoms with E-state index in [-0.39, 0.29) is 5.91 Å². The molecule has 1 N–H and O–H groups in total. The van der Waals surface area contributed by atoms with Crippen LogP contribution in [0.5, 0.6) is 5.75 Å². The zero-order chi connectivity index (χ0) is 13.9. The number of ether oxygens (including phenoxy) is 1. The standard InChI is InChI=1S/C14H11N3O2S/c1-19-11-4-2-3-9-5-6-10(16-12(9)11)13(18)17-14-15-7-8-20-14/h2-8H,1H3,(H,15,17,18). The van der Waals surface area contributed by atoms with Gasteiger partial charge in [-0.25, -0.2) is 9.97 Å². The molecule has 1 amide bonds. The number of aromatic nitrogens is 2. The molecule has 0 spiro atoms. The molecule has 0 saturated heterocycles. The van der Waals surface area contributed by atoms with Crippen molar-refractivity contribution in [2.24, 2.45) is 0 Å². The van der Waals surface area contributed by atoms with Crippen molar-refractivity contribution in [3.8, 4) is 5.75 Å². The van der Waals surface area contributed by atoms with E-state index >= 15 is 0 Å². The molecule has 0 atom stereocenters. The summed E-state index contributed by atoms with van der Waals surface area (Å²) in [5.74, 6) is 0.360. The van der Waals surface area contributed by atoms with Crippen molar-refractivity contribution in [3.05, 3.63) is 47.6 Å². The molecule has 0 unspecified atom stereocenters. The Bertz CT molecular complexity index is 756. The Morgan fingerprint density at radius 3 is 2.95 bits per heavy atom. The number of pyridine rings is 1. The van der Waals surface area contributed by atoms with Crippen LogP contribution < -0.4 is 10.1 Å². The van der Waals surface area contributed by atoms with Gasteiger partial charge in [-0.2, -0.15) is 0 Å². The van der Waals surface area contributed by atoms with Gasteiger partial charge in [-0.15, -0.1) is 11.3 Å². The number of amides is 1. The van der Waals surface area contributed by atoms with Gasteiger partial charge in [0.05, 0.1) is 7.11 Å². The number of methoxy groups -OCH3 is 1. The number of nitrogens with one attached hydrogen (secondary N) is 1. The summed E-state index contributed by atoms with van der Waals surface area (Å²) < 4.78 is 5.26. The quantitative estimate of drug-likeness (QED) is 0.803. The molecule has 0 bridgehead atoms. The summed E-state index contributed by atoms with van der Waals surface area (Å²) in [6.45, 7) is 0. The van der Waals surface area contributed by atoms with Gasteiger partial charge in [0.2, 0.25) is 0 Å². The number of para-hydroxylation sites is 1. The summed E-state index contributed by atoms with van der Waals surface area (Å²) >= 11 is 1.36. The molecule has 1 aromatic carbocycles. The number of hydrogen-bond acceptors (Lipinski definition) is 5. The van der Waals surface area contributed by atoms with E-state index in [1.54, 1.807) is 24.8 Å². The number of fused-ring (bicyclic) bond motifs is 1. The molecular formula is C14H11N3O2S. The highest BCUT2D eigenvalue weighted by Gasteiger charge is 2.11. The second-order valence-electron chi connectivity index (χ2n) is 4.02. The topological polar surface area (TPSA) is 64.1 Å². The molecule has 0 saturated carbocycles. The lowest BCUT2D eigenvalue weighted by Crippen LogP contribution is -2.13. The zero-order valence-electron chi connectivity index (χ0n) is 10.7. The van der Waals surface area contributed by atoms with Crippen LogP contribution in [0.25, 0.3) is 10.9 Å². The normalized spacial score (nSPS) is 10.4. The van der Waals surface area contributed by atoms with E-state index in [1.807, 2.05) is 24.3 Å². The van der Waals surface area contributed by atoms with Crippen molar-refractivity contribution in [3.63, 3.8) is 0 Å². The first-order valence-electron chi connectivity index (χ1n) is 5.92. The van der Waals surface area contributed by atoms with Crippen molar-refractivity contribution in [2.75, 3.05) is 12.4 Å². The van der Waals surface area contributed by atoms with Gasteiger partial charge in [0.25, 0.3) is 5.91 Å². The van der Waals surface area contributed by atoms with Gasteiger partial charge < -0.3 is 4.74 Å². The third-order valence-corrected chi connectivity index (χ3v) is 3.48. The Labute approximate surface area is 119 Å². The van der Waals surface area contributed by atoms with Crippen LogP contribution in [0.2, 0.25) is 0 Å². The number of carbonyl (C=O) groups is 1. The Kier molecular flexibility index (Phi) is 3.30. The summed E-state index contributed by atoms with van der Waals surface area (Å²) in [6.07, 6.45) is 1.64. The number of thiazole rings is 1. The maximum Gasteiger partial charge on any atom is 0.276 e. The average Bonchev–Trinajstić information content (AvgIpc) is 2.99. The lowest BCUT2D eigenvalue weighted by molar-refractivity contribution is 0.102. The number of rotatable bonds is 3. The Morgan fingerprint density at radius 1 is 1.30 bits per heavy atom. The number of benzene rings is 1. The number of carbonyl (C=O) groups excluding carboxylic acids is 1.